The smallest absolute Gasteiger partial charge is 0.251 e. The van der Waals surface area contributed by atoms with Crippen molar-refractivity contribution < 1.29 is 13.2 Å². The summed E-state index contributed by atoms with van der Waals surface area (Å²) in [4.78, 5) is 12.2. The summed E-state index contributed by atoms with van der Waals surface area (Å²) in [5.74, 6) is 0.194. The topological polar surface area (TPSA) is 89.3 Å². The zero-order valence-corrected chi connectivity index (χ0v) is 11.6. The van der Waals surface area contributed by atoms with Gasteiger partial charge in [0, 0.05) is 24.4 Å². The lowest BCUT2D eigenvalue weighted by Gasteiger charge is -2.16. The molecular formula is C13H18N2O3S. The summed E-state index contributed by atoms with van der Waals surface area (Å²) in [7, 11) is -3.30. The fourth-order valence-corrected chi connectivity index (χ4v) is 2.65. The Kier molecular flexibility index (Phi) is 3.91. The molecule has 0 spiro atoms. The molecule has 0 radical (unpaired) electrons. The first-order chi connectivity index (χ1) is 8.91. The number of hydrogen-bond acceptors (Lipinski definition) is 4. The lowest BCUT2D eigenvalue weighted by atomic mass is 10.1. The average Bonchev–Trinajstić information content (AvgIpc) is 3.19. The summed E-state index contributed by atoms with van der Waals surface area (Å²) in [6.07, 6.45) is 3.30. The second-order valence-electron chi connectivity index (χ2n) is 4.95. The maximum atomic E-state index is 12.1. The van der Waals surface area contributed by atoms with Gasteiger partial charge in [0.05, 0.1) is 4.90 Å². The van der Waals surface area contributed by atoms with Crippen LogP contribution < -0.4 is 11.1 Å². The molecule has 104 valence electrons. The standard InChI is InChI=1S/C13H18N2O3S/c1-19(17,18)11-4-2-3-10(7-11)13(16)15-12(8-14)9-5-6-9/h2-4,7,9,12H,5-6,8,14H2,1H3,(H,15,16). The van der Waals surface area contributed by atoms with Crippen LogP contribution >= 0.6 is 0 Å². The van der Waals surface area contributed by atoms with Gasteiger partial charge in [-0.2, -0.15) is 0 Å². The number of amides is 1. The molecule has 1 saturated carbocycles. The van der Waals surface area contributed by atoms with Gasteiger partial charge < -0.3 is 11.1 Å². The predicted molar refractivity (Wildman–Crippen MR) is 72.6 cm³/mol. The molecule has 6 heteroatoms. The molecule has 1 aliphatic rings. The van der Waals surface area contributed by atoms with Crippen molar-refractivity contribution in [2.24, 2.45) is 11.7 Å². The largest absolute Gasteiger partial charge is 0.348 e. The van der Waals surface area contributed by atoms with Gasteiger partial charge in [0.1, 0.15) is 0 Å². The van der Waals surface area contributed by atoms with Crippen molar-refractivity contribution in [3.63, 3.8) is 0 Å². The normalized spacial score (nSPS) is 16.9. The van der Waals surface area contributed by atoms with E-state index in [4.69, 9.17) is 5.73 Å². The molecule has 1 unspecified atom stereocenters. The van der Waals surface area contributed by atoms with E-state index in [-0.39, 0.29) is 16.8 Å². The van der Waals surface area contributed by atoms with Crippen molar-refractivity contribution in [1.29, 1.82) is 0 Å². The van der Waals surface area contributed by atoms with Gasteiger partial charge in [0.25, 0.3) is 5.91 Å². The predicted octanol–water partition coefficient (Wildman–Crippen LogP) is 0.557. The maximum absolute atomic E-state index is 12.1. The highest BCUT2D eigenvalue weighted by Gasteiger charge is 2.31. The molecular weight excluding hydrogens is 264 g/mol. The first-order valence-electron chi connectivity index (χ1n) is 6.23. The Hall–Kier alpha value is -1.40. The minimum atomic E-state index is -3.30. The Balaban J connectivity index is 2.15. The van der Waals surface area contributed by atoms with E-state index in [1.807, 2.05) is 0 Å². The molecule has 1 aromatic carbocycles. The van der Waals surface area contributed by atoms with Gasteiger partial charge in [0.15, 0.2) is 9.84 Å². The Morgan fingerprint density at radius 2 is 2.16 bits per heavy atom. The molecule has 1 amide bonds. The molecule has 1 aliphatic carbocycles. The Morgan fingerprint density at radius 3 is 2.68 bits per heavy atom. The van der Waals surface area contributed by atoms with Gasteiger partial charge in [-0.05, 0) is 37.0 Å². The van der Waals surface area contributed by atoms with Crippen LogP contribution in [0.2, 0.25) is 0 Å². The zero-order valence-electron chi connectivity index (χ0n) is 10.8. The first kappa shape index (κ1) is 14.0. The van der Waals surface area contributed by atoms with E-state index in [1.54, 1.807) is 12.1 Å². The number of sulfone groups is 1. The molecule has 3 N–H and O–H groups in total. The van der Waals surface area contributed by atoms with E-state index in [9.17, 15) is 13.2 Å². The van der Waals surface area contributed by atoms with Crippen molar-refractivity contribution in [2.45, 2.75) is 23.8 Å². The number of carbonyl (C=O) groups excluding carboxylic acids is 1. The summed E-state index contributed by atoms with van der Waals surface area (Å²) in [5, 5.41) is 2.86. The van der Waals surface area contributed by atoms with Gasteiger partial charge in [-0.1, -0.05) is 6.07 Å². The van der Waals surface area contributed by atoms with Gasteiger partial charge in [-0.3, -0.25) is 4.79 Å². The van der Waals surface area contributed by atoms with Crippen LogP contribution in [-0.4, -0.2) is 33.2 Å². The number of hydrogen-bond donors (Lipinski definition) is 2. The second-order valence-corrected chi connectivity index (χ2v) is 6.97. The third-order valence-corrected chi connectivity index (χ3v) is 4.40. The Labute approximate surface area is 113 Å². The molecule has 1 aromatic rings. The molecule has 0 heterocycles. The molecule has 0 aliphatic heterocycles. The summed E-state index contributed by atoms with van der Waals surface area (Å²) < 4.78 is 22.9. The van der Waals surface area contributed by atoms with E-state index in [0.717, 1.165) is 19.1 Å². The lowest BCUT2D eigenvalue weighted by Crippen LogP contribution is -2.41. The van der Waals surface area contributed by atoms with E-state index in [2.05, 4.69) is 5.32 Å². The van der Waals surface area contributed by atoms with Crippen LogP contribution in [0.4, 0.5) is 0 Å². The van der Waals surface area contributed by atoms with Gasteiger partial charge in [0.2, 0.25) is 0 Å². The minimum absolute atomic E-state index is 0.0191. The third kappa shape index (κ3) is 3.54. The van der Waals surface area contributed by atoms with Crippen LogP contribution in [0.3, 0.4) is 0 Å². The van der Waals surface area contributed by atoms with Crippen LogP contribution in [-0.2, 0) is 9.84 Å². The van der Waals surface area contributed by atoms with Crippen LogP contribution in [0.1, 0.15) is 23.2 Å². The second kappa shape index (κ2) is 5.30. The molecule has 2 rings (SSSR count). The monoisotopic (exact) mass is 282 g/mol. The van der Waals surface area contributed by atoms with Crippen LogP contribution in [0, 0.1) is 5.92 Å². The first-order valence-corrected chi connectivity index (χ1v) is 8.12. The number of benzene rings is 1. The van der Waals surface area contributed by atoms with Crippen molar-refractivity contribution in [3.05, 3.63) is 29.8 Å². The van der Waals surface area contributed by atoms with Crippen LogP contribution in [0.15, 0.2) is 29.2 Å². The summed E-state index contributed by atoms with van der Waals surface area (Å²) in [6.45, 7) is 0.405. The highest BCUT2D eigenvalue weighted by Crippen LogP contribution is 2.32. The minimum Gasteiger partial charge on any atom is -0.348 e. The number of carbonyl (C=O) groups is 1. The summed E-state index contributed by atoms with van der Waals surface area (Å²) >= 11 is 0. The molecule has 19 heavy (non-hydrogen) atoms. The van der Waals surface area contributed by atoms with E-state index in [1.165, 1.54) is 12.1 Å². The lowest BCUT2D eigenvalue weighted by molar-refractivity contribution is 0.0933. The van der Waals surface area contributed by atoms with Crippen molar-refractivity contribution in [2.75, 3.05) is 12.8 Å². The van der Waals surface area contributed by atoms with Gasteiger partial charge in [-0.15, -0.1) is 0 Å². The van der Waals surface area contributed by atoms with Crippen LogP contribution in [0.25, 0.3) is 0 Å². The highest BCUT2D eigenvalue weighted by molar-refractivity contribution is 7.90. The quantitative estimate of drug-likeness (QED) is 0.825. The van der Waals surface area contributed by atoms with E-state index in [0.29, 0.717) is 18.0 Å². The zero-order chi connectivity index (χ0) is 14.0. The molecule has 1 fully saturated rings. The van der Waals surface area contributed by atoms with Crippen LogP contribution in [0.5, 0.6) is 0 Å². The number of nitrogens with one attached hydrogen (secondary N) is 1. The fourth-order valence-electron chi connectivity index (χ4n) is 1.99. The fraction of sp³-hybridized carbons (Fsp3) is 0.462. The highest BCUT2D eigenvalue weighted by atomic mass is 32.2. The van der Waals surface area contributed by atoms with Crippen molar-refractivity contribution in [1.82, 2.24) is 5.32 Å². The molecule has 0 saturated heterocycles. The maximum Gasteiger partial charge on any atom is 0.251 e. The summed E-state index contributed by atoms with van der Waals surface area (Å²) in [5.41, 5.74) is 5.98. The molecule has 1 atom stereocenters. The average molecular weight is 282 g/mol. The third-order valence-electron chi connectivity index (χ3n) is 3.29. The van der Waals surface area contributed by atoms with E-state index < -0.39 is 9.84 Å². The van der Waals surface area contributed by atoms with Crippen molar-refractivity contribution >= 4 is 15.7 Å². The van der Waals surface area contributed by atoms with E-state index >= 15 is 0 Å². The number of rotatable bonds is 5. The SMILES string of the molecule is CS(=O)(=O)c1cccc(C(=O)NC(CN)C2CC2)c1. The van der Waals surface area contributed by atoms with Gasteiger partial charge >= 0.3 is 0 Å². The van der Waals surface area contributed by atoms with Crippen molar-refractivity contribution in [3.8, 4) is 0 Å². The summed E-state index contributed by atoms with van der Waals surface area (Å²) in [6, 6.07) is 6.03. The molecule has 5 nitrogen and oxygen atoms in total. The van der Waals surface area contributed by atoms with Gasteiger partial charge in [-0.25, -0.2) is 8.42 Å². The molecule has 0 bridgehead atoms. The number of nitrogens with two attached hydrogens (primary N) is 1. The molecule has 0 aromatic heterocycles. The Bertz CT molecular complexity index is 579. The Morgan fingerprint density at radius 1 is 1.47 bits per heavy atom.